The number of rotatable bonds is 4. The van der Waals surface area contributed by atoms with E-state index < -0.39 is 0 Å². The minimum atomic E-state index is 0.208. The molecule has 1 aliphatic rings. The molecule has 1 heterocycles. The van der Waals surface area contributed by atoms with E-state index in [0.29, 0.717) is 18.2 Å². The van der Waals surface area contributed by atoms with Crippen LogP contribution in [0.1, 0.15) is 25.3 Å². The van der Waals surface area contributed by atoms with Crippen LogP contribution in [0.5, 0.6) is 0 Å². The third-order valence-electron chi connectivity index (χ3n) is 3.23. The number of halogens is 1. The van der Waals surface area contributed by atoms with Gasteiger partial charge in [-0.25, -0.2) is 0 Å². The minimum absolute atomic E-state index is 0.208. The largest absolute Gasteiger partial charge is 0.312 e. The molecule has 3 heteroatoms. The molecule has 92 valence electrons. The predicted octanol–water partition coefficient (Wildman–Crippen LogP) is 3.23. The van der Waals surface area contributed by atoms with E-state index in [0.717, 1.165) is 25.1 Å². The maximum absolute atomic E-state index is 12.0. The van der Waals surface area contributed by atoms with Gasteiger partial charge in [0.1, 0.15) is 0 Å². The first-order valence-corrected chi connectivity index (χ1v) is 6.74. The van der Waals surface area contributed by atoms with Crippen molar-refractivity contribution in [1.82, 2.24) is 0 Å². The summed E-state index contributed by atoms with van der Waals surface area (Å²) in [6.07, 6.45) is 2.70. The molecule has 1 aromatic carbocycles. The zero-order valence-corrected chi connectivity index (χ0v) is 10.9. The van der Waals surface area contributed by atoms with Gasteiger partial charge in [-0.2, -0.15) is 0 Å². The molecular formula is C14H18ClNO. The van der Waals surface area contributed by atoms with Crippen LogP contribution in [0, 0.1) is 5.92 Å². The smallest absolute Gasteiger partial charge is 0.227 e. The van der Waals surface area contributed by atoms with Gasteiger partial charge in [0.15, 0.2) is 0 Å². The van der Waals surface area contributed by atoms with Gasteiger partial charge in [0.05, 0.1) is 0 Å². The molecule has 1 saturated heterocycles. The third-order valence-corrected chi connectivity index (χ3v) is 3.66. The fourth-order valence-corrected chi connectivity index (χ4v) is 2.58. The van der Waals surface area contributed by atoms with Crippen molar-refractivity contribution >= 4 is 23.2 Å². The highest BCUT2D eigenvalue weighted by Crippen LogP contribution is 2.29. The van der Waals surface area contributed by atoms with Crippen LogP contribution in [-0.2, 0) is 11.2 Å². The van der Waals surface area contributed by atoms with Crippen LogP contribution in [0.2, 0.25) is 0 Å². The average Bonchev–Trinajstić information content (AvgIpc) is 2.72. The van der Waals surface area contributed by atoms with Crippen LogP contribution in [0.4, 0.5) is 5.69 Å². The van der Waals surface area contributed by atoms with E-state index >= 15 is 0 Å². The normalized spacial score (nSPS) is 20.0. The monoisotopic (exact) mass is 251 g/mol. The molecule has 1 aliphatic heterocycles. The van der Waals surface area contributed by atoms with E-state index in [9.17, 15) is 4.79 Å². The number of carbonyl (C=O) groups excluding carboxylic acids is 1. The van der Waals surface area contributed by atoms with Gasteiger partial charge in [0.25, 0.3) is 0 Å². The molecule has 0 spiro atoms. The molecule has 17 heavy (non-hydrogen) atoms. The number of hydrogen-bond acceptors (Lipinski definition) is 1. The molecule has 0 aromatic heterocycles. The number of aryl methyl sites for hydroxylation is 1. The van der Waals surface area contributed by atoms with Crippen molar-refractivity contribution in [3.8, 4) is 0 Å². The van der Waals surface area contributed by atoms with E-state index in [1.807, 2.05) is 23.1 Å². The van der Waals surface area contributed by atoms with E-state index in [2.05, 4.69) is 13.0 Å². The Labute approximate surface area is 108 Å². The SMILES string of the molecule is CCCc1ccccc1N1CC(CCl)CC1=O. The lowest BCUT2D eigenvalue weighted by Crippen LogP contribution is -2.25. The number of para-hydroxylation sites is 1. The maximum atomic E-state index is 12.0. The summed E-state index contributed by atoms with van der Waals surface area (Å²) in [6.45, 7) is 2.92. The lowest BCUT2D eigenvalue weighted by Gasteiger charge is -2.20. The molecule has 2 nitrogen and oxygen atoms in total. The van der Waals surface area contributed by atoms with Crippen LogP contribution in [0.3, 0.4) is 0 Å². The predicted molar refractivity (Wildman–Crippen MR) is 71.6 cm³/mol. The summed E-state index contributed by atoms with van der Waals surface area (Å²) in [5.41, 5.74) is 2.34. The lowest BCUT2D eigenvalue weighted by atomic mass is 10.1. The van der Waals surface area contributed by atoms with Crippen LogP contribution < -0.4 is 4.90 Å². The molecule has 2 rings (SSSR count). The second-order valence-corrected chi connectivity index (χ2v) is 4.92. The number of nitrogens with zero attached hydrogens (tertiary/aromatic N) is 1. The average molecular weight is 252 g/mol. The van der Waals surface area contributed by atoms with Crippen molar-refractivity contribution in [2.75, 3.05) is 17.3 Å². The minimum Gasteiger partial charge on any atom is -0.312 e. The molecule has 0 radical (unpaired) electrons. The molecule has 0 bridgehead atoms. The second kappa shape index (κ2) is 5.54. The van der Waals surface area contributed by atoms with Gasteiger partial charge in [-0.3, -0.25) is 4.79 Å². The molecule has 1 amide bonds. The molecule has 0 N–H and O–H groups in total. The Kier molecular flexibility index (Phi) is 4.06. The number of anilines is 1. The van der Waals surface area contributed by atoms with E-state index in [4.69, 9.17) is 11.6 Å². The van der Waals surface area contributed by atoms with Gasteiger partial charge < -0.3 is 4.90 Å². The van der Waals surface area contributed by atoms with Crippen molar-refractivity contribution in [3.63, 3.8) is 0 Å². The number of carbonyl (C=O) groups is 1. The van der Waals surface area contributed by atoms with Gasteiger partial charge in [0, 0.05) is 24.5 Å². The Morgan fingerprint density at radius 2 is 2.18 bits per heavy atom. The first kappa shape index (κ1) is 12.4. The highest BCUT2D eigenvalue weighted by molar-refractivity contribution is 6.18. The van der Waals surface area contributed by atoms with E-state index in [-0.39, 0.29) is 5.91 Å². The Bertz CT molecular complexity index is 405. The third kappa shape index (κ3) is 2.63. The fourth-order valence-electron chi connectivity index (χ4n) is 2.37. The van der Waals surface area contributed by atoms with Gasteiger partial charge in [0.2, 0.25) is 5.91 Å². The summed E-state index contributed by atoms with van der Waals surface area (Å²) in [6, 6.07) is 8.18. The number of benzene rings is 1. The first-order valence-electron chi connectivity index (χ1n) is 6.20. The van der Waals surface area contributed by atoms with E-state index in [1.54, 1.807) is 0 Å². The van der Waals surface area contributed by atoms with Gasteiger partial charge in [-0.05, 0) is 24.0 Å². The number of amides is 1. The van der Waals surface area contributed by atoms with Crippen molar-refractivity contribution in [2.45, 2.75) is 26.2 Å². The summed E-state index contributed by atoms with van der Waals surface area (Å²) in [5.74, 6) is 1.08. The molecule has 1 aromatic rings. The molecule has 1 atom stereocenters. The Balaban J connectivity index is 2.25. The van der Waals surface area contributed by atoms with Gasteiger partial charge >= 0.3 is 0 Å². The summed E-state index contributed by atoms with van der Waals surface area (Å²) >= 11 is 5.85. The summed E-state index contributed by atoms with van der Waals surface area (Å²) in [4.78, 5) is 13.9. The topological polar surface area (TPSA) is 20.3 Å². The van der Waals surface area contributed by atoms with Crippen LogP contribution in [-0.4, -0.2) is 18.3 Å². The summed E-state index contributed by atoms with van der Waals surface area (Å²) < 4.78 is 0. The summed E-state index contributed by atoms with van der Waals surface area (Å²) in [5, 5.41) is 0. The standard InChI is InChI=1S/C14H18ClNO/c1-2-5-12-6-3-4-7-13(12)16-10-11(9-15)8-14(16)17/h3-4,6-7,11H,2,5,8-10H2,1H3. The van der Waals surface area contributed by atoms with Crippen LogP contribution in [0.25, 0.3) is 0 Å². The zero-order chi connectivity index (χ0) is 12.3. The Morgan fingerprint density at radius 3 is 2.82 bits per heavy atom. The molecule has 0 saturated carbocycles. The van der Waals surface area contributed by atoms with Crippen LogP contribution >= 0.6 is 11.6 Å². The lowest BCUT2D eigenvalue weighted by molar-refractivity contribution is -0.117. The molecule has 0 aliphatic carbocycles. The number of hydrogen-bond donors (Lipinski definition) is 0. The quantitative estimate of drug-likeness (QED) is 0.753. The Hall–Kier alpha value is -1.02. The summed E-state index contributed by atoms with van der Waals surface area (Å²) in [7, 11) is 0. The highest BCUT2D eigenvalue weighted by atomic mass is 35.5. The van der Waals surface area contributed by atoms with Crippen molar-refractivity contribution in [1.29, 1.82) is 0 Å². The van der Waals surface area contributed by atoms with Crippen LogP contribution in [0.15, 0.2) is 24.3 Å². The zero-order valence-electron chi connectivity index (χ0n) is 10.2. The van der Waals surface area contributed by atoms with Crippen molar-refractivity contribution < 1.29 is 4.79 Å². The first-order chi connectivity index (χ1) is 8.26. The van der Waals surface area contributed by atoms with Crippen molar-refractivity contribution in [2.24, 2.45) is 5.92 Å². The van der Waals surface area contributed by atoms with Gasteiger partial charge in [-0.15, -0.1) is 11.6 Å². The second-order valence-electron chi connectivity index (χ2n) is 4.61. The molecule has 1 unspecified atom stereocenters. The highest BCUT2D eigenvalue weighted by Gasteiger charge is 2.30. The maximum Gasteiger partial charge on any atom is 0.227 e. The van der Waals surface area contributed by atoms with Crippen molar-refractivity contribution in [3.05, 3.63) is 29.8 Å². The number of alkyl halides is 1. The fraction of sp³-hybridized carbons (Fsp3) is 0.500. The van der Waals surface area contributed by atoms with Gasteiger partial charge in [-0.1, -0.05) is 31.5 Å². The van der Waals surface area contributed by atoms with E-state index in [1.165, 1.54) is 5.56 Å². The Morgan fingerprint density at radius 1 is 1.41 bits per heavy atom. The molecule has 1 fully saturated rings. The molecular weight excluding hydrogens is 234 g/mol.